The number of rotatable bonds is 4. The molecule has 0 saturated carbocycles. The summed E-state index contributed by atoms with van der Waals surface area (Å²) in [5.74, 6) is -1.30. The molecule has 0 N–H and O–H groups in total. The van der Waals surface area contributed by atoms with E-state index < -0.39 is 34.0 Å². The monoisotopic (exact) mass is 405 g/mol. The van der Waals surface area contributed by atoms with Gasteiger partial charge in [0.2, 0.25) is 5.88 Å². The molecule has 148 valence electrons. The van der Waals surface area contributed by atoms with E-state index in [0.717, 1.165) is 12.4 Å². The Balaban J connectivity index is 2.64. The number of hydrogen-bond acceptors (Lipinski definition) is 5. The summed E-state index contributed by atoms with van der Waals surface area (Å²) in [6, 6.07) is 0. The van der Waals surface area contributed by atoms with Crippen molar-refractivity contribution in [1.29, 1.82) is 0 Å². The van der Waals surface area contributed by atoms with E-state index in [-0.39, 0.29) is 23.7 Å². The van der Waals surface area contributed by atoms with Crippen LogP contribution in [0.15, 0.2) is 12.4 Å². The summed E-state index contributed by atoms with van der Waals surface area (Å²) in [5.41, 5.74) is -1.63. The van der Waals surface area contributed by atoms with Crippen LogP contribution in [0.1, 0.15) is 49.3 Å². The highest BCUT2D eigenvalue weighted by Crippen LogP contribution is 2.43. The van der Waals surface area contributed by atoms with Crippen LogP contribution < -0.4 is 4.74 Å². The molecule has 0 aromatic carbocycles. The Kier molecular flexibility index (Phi) is 5.74. The van der Waals surface area contributed by atoms with Gasteiger partial charge >= 0.3 is 12.1 Å². The predicted molar refractivity (Wildman–Crippen MR) is 92.2 cm³/mol. The first-order chi connectivity index (χ1) is 12.4. The van der Waals surface area contributed by atoms with Gasteiger partial charge in [-0.2, -0.15) is 18.3 Å². The minimum Gasteiger partial charge on any atom is -0.461 e. The van der Waals surface area contributed by atoms with Gasteiger partial charge in [-0.15, -0.1) is 0 Å². The van der Waals surface area contributed by atoms with Crippen LogP contribution in [-0.2, 0) is 16.5 Å². The maximum atomic E-state index is 13.4. The number of hydrogen-bond donors (Lipinski definition) is 0. The van der Waals surface area contributed by atoms with Gasteiger partial charge in [0.05, 0.1) is 23.4 Å². The molecule has 0 fully saturated rings. The molecule has 0 atom stereocenters. The highest BCUT2D eigenvalue weighted by atomic mass is 35.5. The third-order valence-electron chi connectivity index (χ3n) is 3.53. The lowest BCUT2D eigenvalue weighted by Gasteiger charge is -2.23. The second kappa shape index (κ2) is 7.38. The predicted octanol–water partition coefficient (Wildman–Crippen LogP) is 4.98. The Morgan fingerprint density at radius 1 is 1.26 bits per heavy atom. The highest BCUT2D eigenvalue weighted by molar-refractivity contribution is 6.31. The second-order valence-corrected chi connectivity index (χ2v) is 7.08. The molecule has 10 heteroatoms. The van der Waals surface area contributed by atoms with Crippen molar-refractivity contribution in [2.45, 2.75) is 46.3 Å². The maximum absolute atomic E-state index is 13.4. The lowest BCUT2D eigenvalue weighted by Crippen LogP contribution is -2.24. The van der Waals surface area contributed by atoms with E-state index in [9.17, 15) is 18.0 Å². The van der Waals surface area contributed by atoms with Crippen LogP contribution in [-0.4, -0.2) is 27.3 Å². The third-order valence-corrected chi connectivity index (χ3v) is 3.81. The molecule has 2 aromatic rings. The lowest BCUT2D eigenvalue weighted by molar-refractivity contribution is -0.138. The van der Waals surface area contributed by atoms with Crippen molar-refractivity contribution in [2.75, 3.05) is 6.61 Å². The number of nitrogens with zero attached hydrogens (tertiary/aromatic N) is 3. The SMILES string of the molecule is CCOC(=O)c1nn(C(C)(C)C)c(Oc2cncc(Cl)c2C(F)(F)F)c1C. The fourth-order valence-corrected chi connectivity index (χ4v) is 2.58. The van der Waals surface area contributed by atoms with Gasteiger partial charge in [0.15, 0.2) is 11.4 Å². The average molecular weight is 406 g/mol. The molecule has 0 aliphatic heterocycles. The van der Waals surface area contributed by atoms with Crippen molar-refractivity contribution in [3.63, 3.8) is 0 Å². The number of alkyl halides is 3. The van der Waals surface area contributed by atoms with E-state index in [2.05, 4.69) is 10.1 Å². The lowest BCUT2D eigenvalue weighted by atomic mass is 10.1. The summed E-state index contributed by atoms with van der Waals surface area (Å²) in [6.45, 7) is 8.58. The Hall–Kier alpha value is -2.29. The smallest absolute Gasteiger partial charge is 0.421 e. The topological polar surface area (TPSA) is 66.2 Å². The molecule has 0 aliphatic rings. The van der Waals surface area contributed by atoms with Gasteiger partial charge in [0.25, 0.3) is 0 Å². The molecular formula is C17H19ClF3N3O3. The summed E-state index contributed by atoms with van der Waals surface area (Å²) >= 11 is 5.69. The van der Waals surface area contributed by atoms with Gasteiger partial charge < -0.3 is 9.47 Å². The van der Waals surface area contributed by atoms with Gasteiger partial charge in [-0.25, -0.2) is 9.48 Å². The van der Waals surface area contributed by atoms with E-state index in [4.69, 9.17) is 21.1 Å². The summed E-state index contributed by atoms with van der Waals surface area (Å²) in [6.07, 6.45) is -2.95. The van der Waals surface area contributed by atoms with Crippen molar-refractivity contribution in [2.24, 2.45) is 0 Å². The number of pyridine rings is 1. The van der Waals surface area contributed by atoms with Crippen molar-refractivity contribution in [3.8, 4) is 11.6 Å². The van der Waals surface area contributed by atoms with Crippen molar-refractivity contribution in [3.05, 3.63) is 34.2 Å². The quantitative estimate of drug-likeness (QED) is 0.671. The molecule has 2 aromatic heterocycles. The van der Waals surface area contributed by atoms with Gasteiger partial charge in [0.1, 0.15) is 5.56 Å². The van der Waals surface area contributed by atoms with Crippen molar-refractivity contribution >= 4 is 17.6 Å². The molecule has 0 bridgehead atoms. The molecule has 0 radical (unpaired) electrons. The molecule has 0 unspecified atom stereocenters. The Bertz CT molecular complexity index is 858. The Labute approximate surface area is 159 Å². The summed E-state index contributed by atoms with van der Waals surface area (Å²) in [5, 5.41) is 3.60. The van der Waals surface area contributed by atoms with Crippen LogP contribution in [0.4, 0.5) is 13.2 Å². The van der Waals surface area contributed by atoms with Crippen LogP contribution in [0.2, 0.25) is 5.02 Å². The fourth-order valence-electron chi connectivity index (χ4n) is 2.32. The van der Waals surface area contributed by atoms with E-state index in [0.29, 0.717) is 0 Å². The van der Waals surface area contributed by atoms with Crippen LogP contribution in [0.3, 0.4) is 0 Å². The normalized spacial score (nSPS) is 12.2. The van der Waals surface area contributed by atoms with Gasteiger partial charge in [-0.05, 0) is 34.6 Å². The molecule has 0 saturated heterocycles. The summed E-state index contributed by atoms with van der Waals surface area (Å²) in [4.78, 5) is 15.8. The molecule has 2 rings (SSSR count). The van der Waals surface area contributed by atoms with Crippen LogP contribution in [0.25, 0.3) is 0 Å². The fraction of sp³-hybridized carbons (Fsp3) is 0.471. The molecule has 2 heterocycles. The minimum atomic E-state index is -4.75. The summed E-state index contributed by atoms with van der Waals surface area (Å²) in [7, 11) is 0. The zero-order chi connectivity index (χ0) is 20.6. The Morgan fingerprint density at radius 2 is 1.89 bits per heavy atom. The zero-order valence-electron chi connectivity index (χ0n) is 15.4. The highest BCUT2D eigenvalue weighted by Gasteiger charge is 2.38. The van der Waals surface area contributed by atoms with Gasteiger partial charge in [-0.1, -0.05) is 11.6 Å². The first kappa shape index (κ1) is 21.0. The van der Waals surface area contributed by atoms with E-state index in [1.807, 2.05) is 0 Å². The number of esters is 1. The minimum absolute atomic E-state index is 0.0277. The van der Waals surface area contributed by atoms with Crippen molar-refractivity contribution in [1.82, 2.24) is 14.8 Å². The molecular weight excluding hydrogens is 387 g/mol. The van der Waals surface area contributed by atoms with Gasteiger partial charge in [-0.3, -0.25) is 4.98 Å². The largest absolute Gasteiger partial charge is 0.461 e. The van der Waals surface area contributed by atoms with Crippen LogP contribution in [0, 0.1) is 6.92 Å². The first-order valence-corrected chi connectivity index (χ1v) is 8.41. The van der Waals surface area contributed by atoms with Crippen LogP contribution in [0.5, 0.6) is 11.6 Å². The summed E-state index contributed by atoms with van der Waals surface area (Å²) < 4.78 is 52.0. The van der Waals surface area contributed by atoms with Gasteiger partial charge in [0, 0.05) is 11.8 Å². The van der Waals surface area contributed by atoms with Crippen LogP contribution >= 0.6 is 11.6 Å². The number of carbonyl (C=O) groups is 1. The molecule has 0 amide bonds. The number of carbonyl (C=O) groups excluding carboxylic acids is 1. The molecule has 6 nitrogen and oxygen atoms in total. The number of aromatic nitrogens is 3. The zero-order valence-corrected chi connectivity index (χ0v) is 16.2. The van der Waals surface area contributed by atoms with Crippen molar-refractivity contribution < 1.29 is 27.4 Å². The maximum Gasteiger partial charge on any atom is 0.421 e. The second-order valence-electron chi connectivity index (χ2n) is 6.68. The first-order valence-electron chi connectivity index (χ1n) is 8.03. The molecule has 0 spiro atoms. The number of ether oxygens (including phenoxy) is 2. The van der Waals surface area contributed by atoms with E-state index in [1.165, 1.54) is 11.6 Å². The van der Waals surface area contributed by atoms with E-state index >= 15 is 0 Å². The average Bonchev–Trinajstić information content (AvgIpc) is 2.83. The van der Waals surface area contributed by atoms with E-state index in [1.54, 1.807) is 27.7 Å². The standard InChI is InChI=1S/C17H19ClF3N3O3/c1-6-26-15(25)13-9(2)14(24(23-13)16(3,4)5)27-11-8-22-7-10(18)12(11)17(19,20)21/h7-8H,6H2,1-5H3. The Morgan fingerprint density at radius 3 is 2.41 bits per heavy atom. The number of halogens is 4. The molecule has 27 heavy (non-hydrogen) atoms. The molecule has 0 aliphatic carbocycles. The third kappa shape index (κ3) is 4.35.